The molecule has 1 unspecified atom stereocenters. The predicted molar refractivity (Wildman–Crippen MR) is 92.5 cm³/mol. The molecule has 0 aliphatic carbocycles. The van der Waals surface area contributed by atoms with E-state index in [1.807, 2.05) is 38.1 Å². The molecule has 1 aliphatic heterocycles. The number of carbonyl (C=O) groups excluding carboxylic acids is 2. The molecule has 3 rings (SSSR count). The van der Waals surface area contributed by atoms with Gasteiger partial charge in [-0.05, 0) is 48.7 Å². The first-order valence-electron chi connectivity index (χ1n) is 8.08. The fourth-order valence-electron chi connectivity index (χ4n) is 3.08. The van der Waals surface area contributed by atoms with Gasteiger partial charge in [-0.3, -0.25) is 14.6 Å². The first-order chi connectivity index (χ1) is 11.5. The van der Waals surface area contributed by atoms with Crippen molar-refractivity contribution < 1.29 is 9.59 Å². The smallest absolute Gasteiger partial charge is 0.227 e. The number of aromatic nitrogens is 1. The van der Waals surface area contributed by atoms with Gasteiger partial charge in [-0.15, -0.1) is 0 Å². The summed E-state index contributed by atoms with van der Waals surface area (Å²) in [5.74, 6) is -0.393. The van der Waals surface area contributed by atoms with Crippen LogP contribution in [0.1, 0.15) is 23.1 Å². The summed E-state index contributed by atoms with van der Waals surface area (Å²) in [5, 5.41) is 2.90. The maximum Gasteiger partial charge on any atom is 0.227 e. The Morgan fingerprint density at radius 1 is 1.29 bits per heavy atom. The van der Waals surface area contributed by atoms with Gasteiger partial charge in [0.2, 0.25) is 11.8 Å². The molecule has 124 valence electrons. The molecule has 1 N–H and O–H groups in total. The predicted octanol–water partition coefficient (Wildman–Crippen LogP) is 2.37. The monoisotopic (exact) mass is 323 g/mol. The van der Waals surface area contributed by atoms with Gasteiger partial charge in [-0.2, -0.15) is 0 Å². The molecule has 0 radical (unpaired) electrons. The van der Waals surface area contributed by atoms with E-state index in [0.29, 0.717) is 13.1 Å². The molecular weight excluding hydrogens is 302 g/mol. The van der Waals surface area contributed by atoms with E-state index >= 15 is 0 Å². The van der Waals surface area contributed by atoms with Crippen LogP contribution in [0.5, 0.6) is 0 Å². The van der Waals surface area contributed by atoms with Gasteiger partial charge in [0.05, 0.1) is 5.92 Å². The van der Waals surface area contributed by atoms with Crippen LogP contribution in [0.25, 0.3) is 0 Å². The molecule has 1 saturated heterocycles. The molecule has 2 amide bonds. The minimum Gasteiger partial charge on any atom is -0.352 e. The molecule has 0 bridgehead atoms. The Hall–Kier alpha value is -2.69. The lowest BCUT2D eigenvalue weighted by Crippen LogP contribution is -2.32. The van der Waals surface area contributed by atoms with Crippen molar-refractivity contribution in [2.24, 2.45) is 5.92 Å². The Bertz CT molecular complexity index is 738. The van der Waals surface area contributed by atoms with E-state index in [1.165, 1.54) is 0 Å². The average molecular weight is 323 g/mol. The Balaban J connectivity index is 1.64. The summed E-state index contributed by atoms with van der Waals surface area (Å²) >= 11 is 0. The van der Waals surface area contributed by atoms with Crippen molar-refractivity contribution in [1.82, 2.24) is 10.3 Å². The van der Waals surface area contributed by atoms with Crippen LogP contribution in [0.2, 0.25) is 0 Å². The maximum absolute atomic E-state index is 12.4. The Kier molecular flexibility index (Phi) is 4.60. The second kappa shape index (κ2) is 6.83. The van der Waals surface area contributed by atoms with E-state index in [0.717, 1.165) is 22.4 Å². The fourth-order valence-corrected chi connectivity index (χ4v) is 3.08. The van der Waals surface area contributed by atoms with Crippen LogP contribution in [0.15, 0.2) is 42.7 Å². The van der Waals surface area contributed by atoms with Crippen LogP contribution in [0.3, 0.4) is 0 Å². The number of carbonyl (C=O) groups is 2. The van der Waals surface area contributed by atoms with Crippen molar-refractivity contribution in [1.29, 1.82) is 0 Å². The van der Waals surface area contributed by atoms with Crippen LogP contribution in [0, 0.1) is 19.8 Å². The van der Waals surface area contributed by atoms with Crippen LogP contribution in [0.4, 0.5) is 5.69 Å². The quantitative estimate of drug-likeness (QED) is 0.939. The molecule has 1 aromatic carbocycles. The minimum absolute atomic E-state index is 0.00141. The summed E-state index contributed by atoms with van der Waals surface area (Å²) in [6.07, 6.45) is 3.68. The number of anilines is 1. The van der Waals surface area contributed by atoms with Crippen molar-refractivity contribution >= 4 is 17.5 Å². The lowest BCUT2D eigenvalue weighted by Gasteiger charge is -2.18. The van der Waals surface area contributed by atoms with Crippen LogP contribution in [-0.2, 0) is 16.1 Å². The molecule has 2 aromatic rings. The number of amides is 2. The highest BCUT2D eigenvalue weighted by Gasteiger charge is 2.35. The summed E-state index contributed by atoms with van der Waals surface area (Å²) < 4.78 is 0. The number of aryl methyl sites for hydroxylation is 2. The van der Waals surface area contributed by atoms with Crippen molar-refractivity contribution in [3.8, 4) is 0 Å². The van der Waals surface area contributed by atoms with Crippen molar-refractivity contribution in [2.75, 3.05) is 11.4 Å². The molecular formula is C19H21N3O2. The first kappa shape index (κ1) is 16.2. The minimum atomic E-state index is -0.310. The van der Waals surface area contributed by atoms with Gasteiger partial charge in [-0.25, -0.2) is 0 Å². The maximum atomic E-state index is 12.4. The lowest BCUT2D eigenvalue weighted by molar-refractivity contribution is -0.126. The summed E-state index contributed by atoms with van der Waals surface area (Å²) in [4.78, 5) is 30.4. The highest BCUT2D eigenvalue weighted by molar-refractivity contribution is 6.00. The molecule has 0 saturated carbocycles. The van der Waals surface area contributed by atoms with Crippen LogP contribution >= 0.6 is 0 Å². The molecule has 1 aromatic heterocycles. The summed E-state index contributed by atoms with van der Waals surface area (Å²) in [5.41, 5.74) is 4.05. The molecule has 1 atom stereocenters. The largest absolute Gasteiger partial charge is 0.352 e. The van der Waals surface area contributed by atoms with Crippen molar-refractivity contribution in [2.45, 2.75) is 26.8 Å². The van der Waals surface area contributed by atoms with Gasteiger partial charge in [0.25, 0.3) is 0 Å². The van der Waals surface area contributed by atoms with Gasteiger partial charge in [-0.1, -0.05) is 12.1 Å². The number of rotatable bonds is 4. The van der Waals surface area contributed by atoms with Gasteiger partial charge in [0, 0.05) is 37.6 Å². The third-order valence-electron chi connectivity index (χ3n) is 4.20. The molecule has 5 heteroatoms. The zero-order chi connectivity index (χ0) is 17.1. The first-order valence-corrected chi connectivity index (χ1v) is 8.08. The van der Waals surface area contributed by atoms with Crippen LogP contribution in [-0.4, -0.2) is 23.3 Å². The second-order valence-electron chi connectivity index (χ2n) is 6.33. The lowest BCUT2D eigenvalue weighted by atomic mass is 10.1. The van der Waals surface area contributed by atoms with Crippen LogP contribution < -0.4 is 10.2 Å². The Morgan fingerprint density at radius 2 is 2.04 bits per heavy atom. The van der Waals surface area contributed by atoms with Crippen molar-refractivity contribution in [3.63, 3.8) is 0 Å². The third kappa shape index (κ3) is 3.62. The zero-order valence-corrected chi connectivity index (χ0v) is 14.0. The molecule has 5 nitrogen and oxygen atoms in total. The number of pyridine rings is 1. The normalized spacial score (nSPS) is 17.2. The number of nitrogens with zero attached hydrogens (tertiary/aromatic N) is 2. The molecule has 24 heavy (non-hydrogen) atoms. The van der Waals surface area contributed by atoms with Gasteiger partial charge in [0.15, 0.2) is 0 Å². The SMILES string of the molecule is Cc1cc(C)cc(N2CC(C(=O)NCc3cccnc3)CC2=O)c1. The van der Waals surface area contributed by atoms with Gasteiger partial charge < -0.3 is 10.2 Å². The standard InChI is InChI=1S/C19H21N3O2/c1-13-6-14(2)8-17(7-13)22-12-16(9-18(22)23)19(24)21-11-15-4-3-5-20-10-15/h3-8,10,16H,9,11-12H2,1-2H3,(H,21,24). The topological polar surface area (TPSA) is 62.3 Å². The number of hydrogen-bond acceptors (Lipinski definition) is 3. The van der Waals surface area contributed by atoms with Gasteiger partial charge in [0.1, 0.15) is 0 Å². The molecule has 0 spiro atoms. The molecule has 1 aliphatic rings. The molecule has 2 heterocycles. The number of nitrogens with one attached hydrogen (secondary N) is 1. The summed E-state index contributed by atoms with van der Waals surface area (Å²) in [6, 6.07) is 9.79. The zero-order valence-electron chi connectivity index (χ0n) is 14.0. The highest BCUT2D eigenvalue weighted by Crippen LogP contribution is 2.27. The second-order valence-corrected chi connectivity index (χ2v) is 6.33. The highest BCUT2D eigenvalue weighted by atomic mass is 16.2. The van der Waals surface area contributed by atoms with Crippen molar-refractivity contribution in [3.05, 3.63) is 59.4 Å². The van der Waals surface area contributed by atoms with E-state index in [9.17, 15) is 9.59 Å². The third-order valence-corrected chi connectivity index (χ3v) is 4.20. The number of benzene rings is 1. The van der Waals surface area contributed by atoms with E-state index in [2.05, 4.69) is 16.4 Å². The van der Waals surface area contributed by atoms with E-state index < -0.39 is 0 Å². The molecule has 1 fully saturated rings. The van der Waals surface area contributed by atoms with E-state index in [-0.39, 0.29) is 24.2 Å². The average Bonchev–Trinajstić information content (AvgIpc) is 2.95. The summed E-state index contributed by atoms with van der Waals surface area (Å²) in [6.45, 7) is 4.88. The Labute approximate surface area is 141 Å². The Morgan fingerprint density at radius 3 is 2.71 bits per heavy atom. The fraction of sp³-hybridized carbons (Fsp3) is 0.316. The van der Waals surface area contributed by atoms with E-state index in [4.69, 9.17) is 0 Å². The van der Waals surface area contributed by atoms with E-state index in [1.54, 1.807) is 17.3 Å². The summed E-state index contributed by atoms with van der Waals surface area (Å²) in [7, 11) is 0. The van der Waals surface area contributed by atoms with Gasteiger partial charge >= 0.3 is 0 Å². The number of hydrogen-bond donors (Lipinski definition) is 1.